The Morgan fingerprint density at radius 1 is 1.33 bits per heavy atom. The number of amides is 1. The smallest absolute Gasteiger partial charge is 0.228 e. The third-order valence-electron chi connectivity index (χ3n) is 2.90. The first-order valence-corrected chi connectivity index (χ1v) is 5.92. The molecule has 6 heteroatoms. The van der Waals surface area contributed by atoms with Gasteiger partial charge in [-0.25, -0.2) is 0 Å². The summed E-state index contributed by atoms with van der Waals surface area (Å²) in [4.78, 5) is 13.5. The van der Waals surface area contributed by atoms with E-state index < -0.39 is 0 Å². The summed E-state index contributed by atoms with van der Waals surface area (Å²) in [5, 5.41) is 0.439. The van der Waals surface area contributed by atoms with Crippen LogP contribution in [0, 0.1) is 0 Å². The van der Waals surface area contributed by atoms with Gasteiger partial charge in [0.25, 0.3) is 0 Å². The second-order valence-corrected chi connectivity index (χ2v) is 4.53. The van der Waals surface area contributed by atoms with Crippen molar-refractivity contribution in [2.75, 3.05) is 25.7 Å². The summed E-state index contributed by atoms with van der Waals surface area (Å²) in [6.45, 7) is 0.472. The van der Waals surface area contributed by atoms with E-state index in [1.54, 1.807) is 17.0 Å². The van der Waals surface area contributed by atoms with Crippen LogP contribution in [0.15, 0.2) is 12.1 Å². The Morgan fingerprint density at radius 3 is 2.50 bits per heavy atom. The minimum absolute atomic E-state index is 0.0230. The van der Waals surface area contributed by atoms with E-state index in [1.165, 1.54) is 14.2 Å². The van der Waals surface area contributed by atoms with Gasteiger partial charge in [-0.15, -0.1) is 0 Å². The number of nitrogens with zero attached hydrogens (tertiary/aromatic N) is 1. The van der Waals surface area contributed by atoms with Crippen LogP contribution in [0.3, 0.4) is 0 Å². The monoisotopic (exact) mass is 270 g/mol. The van der Waals surface area contributed by atoms with Crippen molar-refractivity contribution in [1.29, 1.82) is 0 Å². The fourth-order valence-corrected chi connectivity index (χ4v) is 2.25. The molecule has 0 aliphatic carbocycles. The average Bonchev–Trinajstić information content (AvgIpc) is 2.68. The quantitative estimate of drug-likeness (QED) is 0.902. The van der Waals surface area contributed by atoms with Crippen LogP contribution in [0.2, 0.25) is 5.02 Å². The first-order valence-electron chi connectivity index (χ1n) is 5.54. The summed E-state index contributed by atoms with van der Waals surface area (Å²) in [5.74, 6) is 1.01. The van der Waals surface area contributed by atoms with Crippen LogP contribution in [0.5, 0.6) is 11.5 Å². The molecule has 1 heterocycles. The molecular weight excluding hydrogens is 256 g/mol. The summed E-state index contributed by atoms with van der Waals surface area (Å²) >= 11 is 6.02. The molecule has 18 heavy (non-hydrogen) atoms. The Balaban J connectivity index is 2.45. The molecule has 1 aliphatic heterocycles. The van der Waals surface area contributed by atoms with Crippen LogP contribution in [0.1, 0.15) is 6.42 Å². The maximum absolute atomic E-state index is 11.9. The molecule has 1 aliphatic rings. The lowest BCUT2D eigenvalue weighted by Crippen LogP contribution is -2.28. The van der Waals surface area contributed by atoms with Gasteiger partial charge in [-0.05, 0) is 0 Å². The number of methoxy groups -OCH3 is 2. The van der Waals surface area contributed by atoms with Crippen molar-refractivity contribution in [1.82, 2.24) is 0 Å². The molecular formula is C12H15ClN2O3. The van der Waals surface area contributed by atoms with Crippen molar-refractivity contribution in [3.63, 3.8) is 0 Å². The number of hydrogen-bond donors (Lipinski definition) is 1. The van der Waals surface area contributed by atoms with E-state index in [0.717, 1.165) is 0 Å². The molecule has 1 amide bonds. The lowest BCUT2D eigenvalue weighted by Gasteiger charge is -2.20. The van der Waals surface area contributed by atoms with Gasteiger partial charge in [0.05, 0.1) is 24.9 Å². The molecule has 0 bridgehead atoms. The zero-order valence-corrected chi connectivity index (χ0v) is 11.0. The third-order valence-corrected chi connectivity index (χ3v) is 3.19. The first kappa shape index (κ1) is 13.0. The maximum Gasteiger partial charge on any atom is 0.228 e. The molecule has 2 N–H and O–H groups in total. The number of carbonyl (C=O) groups excluding carboxylic acids is 1. The van der Waals surface area contributed by atoms with Gasteiger partial charge in [0.2, 0.25) is 5.91 Å². The number of ether oxygens (including phenoxy) is 2. The Morgan fingerprint density at radius 2 is 2.00 bits per heavy atom. The van der Waals surface area contributed by atoms with E-state index in [4.69, 9.17) is 26.8 Å². The molecule has 1 atom stereocenters. The number of benzene rings is 1. The third kappa shape index (κ3) is 2.23. The predicted molar refractivity (Wildman–Crippen MR) is 69.5 cm³/mol. The highest BCUT2D eigenvalue weighted by Crippen LogP contribution is 2.39. The van der Waals surface area contributed by atoms with Gasteiger partial charge in [0.1, 0.15) is 11.5 Å². The molecule has 1 aromatic rings. The standard InChI is InChI=1S/C12H15ClN2O3/c1-17-10-5-9(11(18-2)4-8(10)13)15-6-7(14)3-12(15)16/h4-5,7H,3,6,14H2,1-2H3. The maximum atomic E-state index is 11.9. The zero-order chi connectivity index (χ0) is 13.3. The molecule has 0 spiro atoms. The minimum Gasteiger partial charge on any atom is -0.495 e. The summed E-state index contributed by atoms with van der Waals surface area (Å²) in [7, 11) is 3.05. The SMILES string of the molecule is COc1cc(N2CC(N)CC2=O)c(OC)cc1Cl. The fourth-order valence-electron chi connectivity index (χ4n) is 2.02. The number of carbonyl (C=O) groups is 1. The fraction of sp³-hybridized carbons (Fsp3) is 0.417. The Labute approximate surface area is 110 Å². The molecule has 0 aromatic heterocycles. The molecule has 98 valence electrons. The Hall–Kier alpha value is -1.46. The van der Waals surface area contributed by atoms with Crippen LogP contribution in [-0.2, 0) is 4.79 Å². The van der Waals surface area contributed by atoms with Gasteiger partial charge in [0, 0.05) is 31.1 Å². The number of halogens is 1. The summed E-state index contributed by atoms with van der Waals surface area (Å²) in [6.07, 6.45) is 0.341. The van der Waals surface area contributed by atoms with Gasteiger partial charge in [-0.2, -0.15) is 0 Å². The van der Waals surface area contributed by atoms with Crippen molar-refractivity contribution >= 4 is 23.2 Å². The average molecular weight is 271 g/mol. The molecule has 2 rings (SSSR count). The number of anilines is 1. The highest BCUT2D eigenvalue weighted by molar-refractivity contribution is 6.32. The summed E-state index contributed by atoms with van der Waals surface area (Å²) in [6, 6.07) is 3.17. The van der Waals surface area contributed by atoms with Gasteiger partial charge in [0.15, 0.2) is 0 Å². The largest absolute Gasteiger partial charge is 0.495 e. The second-order valence-electron chi connectivity index (χ2n) is 4.13. The van der Waals surface area contributed by atoms with E-state index in [9.17, 15) is 4.79 Å². The van der Waals surface area contributed by atoms with E-state index in [1.807, 2.05) is 0 Å². The van der Waals surface area contributed by atoms with Crippen LogP contribution in [0.25, 0.3) is 0 Å². The molecule has 1 saturated heterocycles. The summed E-state index contributed by atoms with van der Waals surface area (Å²) in [5.41, 5.74) is 6.42. The molecule has 0 radical (unpaired) electrons. The van der Waals surface area contributed by atoms with Crippen molar-refractivity contribution < 1.29 is 14.3 Å². The summed E-state index contributed by atoms with van der Waals surface area (Å²) < 4.78 is 10.4. The Bertz CT molecular complexity index is 479. The van der Waals surface area contributed by atoms with E-state index in [-0.39, 0.29) is 11.9 Å². The topological polar surface area (TPSA) is 64.8 Å². The van der Waals surface area contributed by atoms with Crippen LogP contribution in [-0.4, -0.2) is 32.7 Å². The molecule has 0 saturated carbocycles. The van der Waals surface area contributed by atoms with Gasteiger partial charge < -0.3 is 20.1 Å². The van der Waals surface area contributed by atoms with Gasteiger partial charge >= 0.3 is 0 Å². The highest BCUT2D eigenvalue weighted by atomic mass is 35.5. The van der Waals surface area contributed by atoms with Crippen LogP contribution in [0.4, 0.5) is 5.69 Å². The Kier molecular flexibility index (Phi) is 3.63. The van der Waals surface area contributed by atoms with Crippen molar-refractivity contribution in [3.8, 4) is 11.5 Å². The van der Waals surface area contributed by atoms with E-state index in [2.05, 4.69) is 0 Å². The van der Waals surface area contributed by atoms with Crippen LogP contribution >= 0.6 is 11.6 Å². The lowest BCUT2D eigenvalue weighted by molar-refractivity contribution is -0.117. The lowest BCUT2D eigenvalue weighted by atomic mass is 10.2. The second kappa shape index (κ2) is 5.04. The van der Waals surface area contributed by atoms with Gasteiger partial charge in [-0.3, -0.25) is 4.79 Å². The molecule has 1 aromatic carbocycles. The number of hydrogen-bond acceptors (Lipinski definition) is 4. The normalized spacial score (nSPS) is 19.2. The van der Waals surface area contributed by atoms with E-state index >= 15 is 0 Å². The van der Waals surface area contributed by atoms with Gasteiger partial charge in [-0.1, -0.05) is 11.6 Å². The van der Waals surface area contributed by atoms with Crippen molar-refractivity contribution in [2.24, 2.45) is 5.73 Å². The number of rotatable bonds is 3. The minimum atomic E-state index is -0.149. The van der Waals surface area contributed by atoms with Crippen LogP contribution < -0.4 is 20.1 Å². The molecule has 1 unspecified atom stereocenters. The van der Waals surface area contributed by atoms with Crippen molar-refractivity contribution in [3.05, 3.63) is 17.2 Å². The zero-order valence-electron chi connectivity index (χ0n) is 10.3. The van der Waals surface area contributed by atoms with E-state index in [0.29, 0.717) is 35.2 Å². The predicted octanol–water partition coefficient (Wildman–Crippen LogP) is 1.42. The molecule has 1 fully saturated rings. The number of nitrogens with two attached hydrogens (primary N) is 1. The molecule has 5 nitrogen and oxygen atoms in total. The first-order chi connectivity index (χ1) is 8.56. The highest BCUT2D eigenvalue weighted by Gasteiger charge is 2.30. The van der Waals surface area contributed by atoms with Crippen molar-refractivity contribution in [2.45, 2.75) is 12.5 Å².